The molecule has 1 atom stereocenters. The molecule has 5 nitrogen and oxygen atoms in total. The molecule has 0 bridgehead atoms. The molecular formula is C23H25Cl2N3O2. The zero-order chi connectivity index (χ0) is 21.1. The van der Waals surface area contributed by atoms with Crippen LogP contribution in [0.15, 0.2) is 42.5 Å². The van der Waals surface area contributed by atoms with Crippen LogP contribution in [0.4, 0.5) is 0 Å². The quantitative estimate of drug-likeness (QED) is 0.527. The molecule has 0 saturated carbocycles. The summed E-state index contributed by atoms with van der Waals surface area (Å²) in [5, 5.41) is 1.05. The average Bonchev–Trinajstić information content (AvgIpc) is 3.12. The molecule has 1 amide bonds. The number of carbonyl (C=O) groups is 1. The molecule has 158 valence electrons. The molecule has 1 fully saturated rings. The van der Waals surface area contributed by atoms with Crippen molar-refractivity contribution >= 4 is 40.1 Å². The highest BCUT2D eigenvalue weighted by molar-refractivity contribution is 6.42. The number of fused-ring (bicyclic) bond motifs is 1. The van der Waals surface area contributed by atoms with Crippen molar-refractivity contribution in [1.82, 2.24) is 14.5 Å². The maximum absolute atomic E-state index is 13.5. The number of hydrogen-bond donors (Lipinski definition) is 0. The second-order valence-electron chi connectivity index (χ2n) is 7.55. The number of aromatic nitrogens is 2. The number of carbonyl (C=O) groups excluding carboxylic acids is 1. The van der Waals surface area contributed by atoms with E-state index in [2.05, 4.69) is 11.5 Å². The molecule has 30 heavy (non-hydrogen) atoms. The SMILES string of the molecule is CCC[C@H](C(=O)N1CCOCC1)n1c(Cc2ccc(Cl)c(Cl)c2)nc2ccccc21. The normalized spacial score (nSPS) is 15.5. The van der Waals surface area contributed by atoms with Crippen LogP contribution in [-0.4, -0.2) is 46.7 Å². The van der Waals surface area contributed by atoms with E-state index in [0.717, 1.165) is 35.3 Å². The Bertz CT molecular complexity index is 1040. The average molecular weight is 446 g/mol. The van der Waals surface area contributed by atoms with Gasteiger partial charge in [0.2, 0.25) is 5.91 Å². The van der Waals surface area contributed by atoms with E-state index in [1.54, 1.807) is 6.07 Å². The van der Waals surface area contributed by atoms with Crippen LogP contribution < -0.4 is 0 Å². The molecule has 1 saturated heterocycles. The number of amides is 1. The summed E-state index contributed by atoms with van der Waals surface area (Å²) in [6, 6.07) is 13.3. The number of rotatable bonds is 6. The van der Waals surface area contributed by atoms with E-state index in [0.29, 0.717) is 42.8 Å². The number of halogens is 2. The van der Waals surface area contributed by atoms with Gasteiger partial charge in [0.15, 0.2) is 0 Å². The van der Waals surface area contributed by atoms with E-state index < -0.39 is 0 Å². The molecule has 0 unspecified atom stereocenters. The number of imidazole rings is 1. The molecule has 3 aromatic rings. The predicted molar refractivity (Wildman–Crippen MR) is 120 cm³/mol. The third-order valence-electron chi connectivity index (χ3n) is 5.50. The maximum Gasteiger partial charge on any atom is 0.245 e. The van der Waals surface area contributed by atoms with E-state index in [9.17, 15) is 4.79 Å². The van der Waals surface area contributed by atoms with Gasteiger partial charge in [-0.1, -0.05) is 54.7 Å². The highest BCUT2D eigenvalue weighted by Crippen LogP contribution is 2.29. The number of hydrogen-bond acceptors (Lipinski definition) is 3. The smallest absolute Gasteiger partial charge is 0.245 e. The van der Waals surface area contributed by atoms with Crippen LogP contribution in [-0.2, 0) is 16.0 Å². The van der Waals surface area contributed by atoms with E-state index >= 15 is 0 Å². The molecule has 1 aromatic heterocycles. The monoisotopic (exact) mass is 445 g/mol. The summed E-state index contributed by atoms with van der Waals surface area (Å²) in [4.78, 5) is 20.3. The second kappa shape index (κ2) is 9.38. The minimum absolute atomic E-state index is 0.138. The lowest BCUT2D eigenvalue weighted by atomic mass is 10.1. The Morgan fingerprint density at radius 3 is 2.63 bits per heavy atom. The first kappa shape index (κ1) is 21.2. The van der Waals surface area contributed by atoms with E-state index in [4.69, 9.17) is 32.9 Å². The van der Waals surface area contributed by atoms with Crippen molar-refractivity contribution in [2.75, 3.05) is 26.3 Å². The van der Waals surface area contributed by atoms with Crippen LogP contribution in [0.5, 0.6) is 0 Å². The van der Waals surface area contributed by atoms with Crippen molar-refractivity contribution in [2.24, 2.45) is 0 Å². The van der Waals surface area contributed by atoms with Crippen LogP contribution in [0.3, 0.4) is 0 Å². The van der Waals surface area contributed by atoms with E-state index in [-0.39, 0.29) is 11.9 Å². The van der Waals surface area contributed by atoms with E-state index in [1.165, 1.54) is 0 Å². The number of nitrogens with zero attached hydrogens (tertiary/aromatic N) is 3. The Kier molecular flexibility index (Phi) is 6.61. The Balaban J connectivity index is 1.77. The summed E-state index contributed by atoms with van der Waals surface area (Å²) < 4.78 is 7.56. The molecule has 1 aliphatic heterocycles. The molecule has 2 aromatic carbocycles. The van der Waals surface area contributed by atoms with Gasteiger partial charge in [0.05, 0.1) is 34.3 Å². The van der Waals surface area contributed by atoms with Gasteiger partial charge < -0.3 is 14.2 Å². The minimum atomic E-state index is -0.293. The first-order valence-electron chi connectivity index (χ1n) is 10.3. The first-order chi connectivity index (χ1) is 14.6. The summed E-state index contributed by atoms with van der Waals surface area (Å²) in [6.07, 6.45) is 2.23. The van der Waals surface area contributed by atoms with Crippen molar-refractivity contribution in [3.63, 3.8) is 0 Å². The zero-order valence-electron chi connectivity index (χ0n) is 17.0. The number of para-hydroxylation sites is 2. The van der Waals surface area contributed by atoms with E-state index in [1.807, 2.05) is 41.3 Å². The lowest BCUT2D eigenvalue weighted by Gasteiger charge is -2.31. The highest BCUT2D eigenvalue weighted by atomic mass is 35.5. The molecule has 0 aliphatic carbocycles. The zero-order valence-corrected chi connectivity index (χ0v) is 18.5. The van der Waals surface area contributed by atoms with Crippen LogP contribution in [0.25, 0.3) is 11.0 Å². The van der Waals surface area contributed by atoms with Crippen molar-refractivity contribution in [3.8, 4) is 0 Å². The molecule has 0 radical (unpaired) electrons. The van der Waals surface area contributed by atoms with Crippen molar-refractivity contribution in [2.45, 2.75) is 32.2 Å². The van der Waals surface area contributed by atoms with Crippen molar-refractivity contribution < 1.29 is 9.53 Å². The molecular weight excluding hydrogens is 421 g/mol. The number of benzene rings is 2. The van der Waals surface area contributed by atoms with Gasteiger partial charge >= 0.3 is 0 Å². The van der Waals surface area contributed by atoms with Gasteiger partial charge in [-0.05, 0) is 36.2 Å². The molecule has 2 heterocycles. The molecule has 1 aliphatic rings. The fraction of sp³-hybridized carbons (Fsp3) is 0.391. The Hall–Kier alpha value is -2.08. The van der Waals surface area contributed by atoms with Crippen molar-refractivity contribution in [3.05, 3.63) is 63.9 Å². The van der Waals surface area contributed by atoms with Gasteiger partial charge in [0, 0.05) is 19.5 Å². The molecule has 0 N–H and O–H groups in total. The van der Waals surface area contributed by atoms with Crippen LogP contribution in [0.2, 0.25) is 10.0 Å². The summed E-state index contributed by atoms with van der Waals surface area (Å²) in [5.74, 6) is 0.994. The largest absolute Gasteiger partial charge is 0.378 e. The summed E-state index contributed by atoms with van der Waals surface area (Å²) in [5.41, 5.74) is 2.88. The standard InChI is InChI=1S/C23H25Cl2N3O2/c1-2-5-21(23(29)27-10-12-30-13-11-27)28-20-7-4-3-6-19(20)26-22(28)15-16-8-9-17(24)18(25)14-16/h3-4,6-9,14,21H,2,5,10-13,15H2,1H3/t21-/m1/s1. The lowest BCUT2D eigenvalue weighted by Crippen LogP contribution is -2.44. The summed E-state index contributed by atoms with van der Waals surface area (Å²) >= 11 is 12.3. The van der Waals surface area contributed by atoms with Crippen LogP contribution >= 0.6 is 23.2 Å². The summed E-state index contributed by atoms with van der Waals surface area (Å²) in [7, 11) is 0. The van der Waals surface area contributed by atoms with Crippen molar-refractivity contribution in [1.29, 1.82) is 0 Å². The molecule has 4 rings (SSSR count). The minimum Gasteiger partial charge on any atom is -0.378 e. The van der Waals surface area contributed by atoms with Crippen LogP contribution in [0, 0.1) is 0 Å². The number of morpholine rings is 1. The van der Waals surface area contributed by atoms with Gasteiger partial charge in [-0.3, -0.25) is 4.79 Å². The molecule has 0 spiro atoms. The second-order valence-corrected chi connectivity index (χ2v) is 8.37. The fourth-order valence-corrected chi connectivity index (χ4v) is 4.35. The Morgan fingerprint density at radius 2 is 1.90 bits per heavy atom. The third kappa shape index (κ3) is 4.34. The topological polar surface area (TPSA) is 47.4 Å². The fourth-order valence-electron chi connectivity index (χ4n) is 4.03. The molecule has 7 heteroatoms. The highest BCUT2D eigenvalue weighted by Gasteiger charge is 2.29. The summed E-state index contributed by atoms with van der Waals surface area (Å²) in [6.45, 7) is 4.55. The van der Waals surface area contributed by atoms with Crippen LogP contribution in [0.1, 0.15) is 37.2 Å². The van der Waals surface area contributed by atoms with Gasteiger partial charge in [-0.15, -0.1) is 0 Å². The van der Waals surface area contributed by atoms with Gasteiger partial charge in [-0.25, -0.2) is 4.98 Å². The predicted octanol–water partition coefficient (Wildman–Crippen LogP) is 5.13. The van der Waals surface area contributed by atoms with Gasteiger partial charge in [0.1, 0.15) is 11.9 Å². The Morgan fingerprint density at radius 1 is 1.13 bits per heavy atom. The maximum atomic E-state index is 13.5. The first-order valence-corrected chi connectivity index (χ1v) is 11.1. The lowest BCUT2D eigenvalue weighted by molar-refractivity contribution is -0.139. The Labute approximate surface area is 186 Å². The number of ether oxygens (including phenoxy) is 1. The van der Waals surface area contributed by atoms with Gasteiger partial charge in [-0.2, -0.15) is 0 Å². The van der Waals surface area contributed by atoms with Gasteiger partial charge in [0.25, 0.3) is 0 Å². The third-order valence-corrected chi connectivity index (χ3v) is 6.24.